The fraction of sp³-hybridized carbons (Fsp3) is 0.682. The van der Waals surface area contributed by atoms with E-state index in [0.29, 0.717) is 5.75 Å². The lowest BCUT2D eigenvalue weighted by Crippen LogP contribution is -2.39. The number of methoxy groups -OCH3 is 1. The summed E-state index contributed by atoms with van der Waals surface area (Å²) in [7, 11) is 1.69. The summed E-state index contributed by atoms with van der Waals surface area (Å²) in [6, 6.07) is 6.18. The first-order valence-electron chi connectivity index (χ1n) is 10.7. The number of hydrogen-bond acceptors (Lipinski definition) is 5. The fourth-order valence-corrected chi connectivity index (χ4v) is 5.74. The Bertz CT molecular complexity index is 672. The van der Waals surface area contributed by atoms with Gasteiger partial charge < -0.3 is 19.3 Å². The van der Waals surface area contributed by atoms with E-state index in [1.807, 2.05) is 6.07 Å². The third-order valence-corrected chi connectivity index (χ3v) is 7.40. The van der Waals surface area contributed by atoms with Crippen LogP contribution in [0.15, 0.2) is 18.2 Å². The van der Waals surface area contributed by atoms with Crippen molar-refractivity contribution in [3.63, 3.8) is 0 Å². The Balaban J connectivity index is 1.46. The largest absolute Gasteiger partial charge is 0.493 e. The number of ether oxygens (including phenoxy) is 2. The Morgan fingerprint density at radius 1 is 1.04 bits per heavy atom. The van der Waals surface area contributed by atoms with Gasteiger partial charge in [-0.2, -0.15) is 0 Å². The van der Waals surface area contributed by atoms with Gasteiger partial charge in [0.2, 0.25) is 5.91 Å². The predicted molar refractivity (Wildman–Crippen MR) is 113 cm³/mol. The molecule has 4 rings (SSSR count). The van der Waals surface area contributed by atoms with Crippen molar-refractivity contribution in [2.24, 2.45) is 0 Å². The first-order valence-corrected chi connectivity index (χ1v) is 11.8. The first kappa shape index (κ1) is 19.9. The number of benzene rings is 1. The Labute approximate surface area is 172 Å². The molecular weight excluding hydrogens is 372 g/mol. The zero-order valence-electron chi connectivity index (χ0n) is 16.9. The summed E-state index contributed by atoms with van der Waals surface area (Å²) in [5.74, 6) is 2.42. The standard InChI is InChI=1S/C22H32N2O3S/c1-26-19-10-9-17(15-20(19)27-18-7-3-4-8-18)22-24(21(25)16-28-22)14-13-23-11-5-2-6-12-23/h9-10,15,18,22H,2-8,11-14,16H2,1H3. The van der Waals surface area contributed by atoms with E-state index in [9.17, 15) is 4.79 Å². The zero-order chi connectivity index (χ0) is 19.3. The molecule has 0 aromatic heterocycles. The molecule has 3 aliphatic rings. The van der Waals surface area contributed by atoms with Crippen molar-refractivity contribution in [3.8, 4) is 11.5 Å². The van der Waals surface area contributed by atoms with Gasteiger partial charge in [-0.3, -0.25) is 4.79 Å². The molecule has 6 heteroatoms. The molecule has 0 radical (unpaired) electrons. The van der Waals surface area contributed by atoms with Crippen molar-refractivity contribution in [1.29, 1.82) is 0 Å². The molecule has 1 aromatic rings. The summed E-state index contributed by atoms with van der Waals surface area (Å²) in [5.41, 5.74) is 1.14. The molecule has 0 bridgehead atoms. The third kappa shape index (κ3) is 4.60. The zero-order valence-corrected chi connectivity index (χ0v) is 17.7. The highest BCUT2D eigenvalue weighted by molar-refractivity contribution is 8.00. The second-order valence-corrected chi connectivity index (χ2v) is 9.16. The molecule has 1 aromatic carbocycles. The van der Waals surface area contributed by atoms with Gasteiger partial charge in [-0.05, 0) is 69.3 Å². The number of carbonyl (C=O) groups excluding carboxylic acids is 1. The lowest BCUT2D eigenvalue weighted by Gasteiger charge is -2.31. The summed E-state index contributed by atoms with van der Waals surface area (Å²) < 4.78 is 11.8. The minimum Gasteiger partial charge on any atom is -0.493 e. The molecule has 1 amide bonds. The summed E-state index contributed by atoms with van der Waals surface area (Å²) in [5, 5.41) is 0.0779. The minimum atomic E-state index is 0.0779. The van der Waals surface area contributed by atoms with Crippen LogP contribution in [-0.2, 0) is 4.79 Å². The molecule has 3 fully saturated rings. The van der Waals surface area contributed by atoms with Crippen LogP contribution in [0.3, 0.4) is 0 Å². The summed E-state index contributed by atoms with van der Waals surface area (Å²) in [4.78, 5) is 17.1. The van der Waals surface area contributed by atoms with E-state index in [4.69, 9.17) is 9.47 Å². The number of thioether (sulfide) groups is 1. The molecule has 0 spiro atoms. The Morgan fingerprint density at radius 2 is 1.82 bits per heavy atom. The summed E-state index contributed by atoms with van der Waals surface area (Å²) in [6.07, 6.45) is 8.91. The van der Waals surface area contributed by atoms with Crippen LogP contribution in [0.4, 0.5) is 0 Å². The maximum Gasteiger partial charge on any atom is 0.233 e. The number of carbonyl (C=O) groups is 1. The number of piperidine rings is 1. The van der Waals surface area contributed by atoms with Gasteiger partial charge in [-0.15, -0.1) is 11.8 Å². The molecule has 1 atom stereocenters. The molecule has 5 nitrogen and oxygen atoms in total. The van der Waals surface area contributed by atoms with Crippen LogP contribution >= 0.6 is 11.8 Å². The van der Waals surface area contributed by atoms with Crippen molar-refractivity contribution in [2.45, 2.75) is 56.4 Å². The van der Waals surface area contributed by atoms with Crippen molar-refractivity contribution in [1.82, 2.24) is 9.80 Å². The van der Waals surface area contributed by atoms with Gasteiger partial charge in [0.05, 0.1) is 19.0 Å². The first-order chi connectivity index (χ1) is 13.7. The lowest BCUT2D eigenvalue weighted by molar-refractivity contribution is -0.128. The van der Waals surface area contributed by atoms with Crippen molar-refractivity contribution in [2.75, 3.05) is 39.0 Å². The molecule has 2 saturated heterocycles. The average molecular weight is 405 g/mol. The quantitative estimate of drug-likeness (QED) is 0.685. The van der Waals surface area contributed by atoms with Crippen molar-refractivity contribution >= 4 is 17.7 Å². The monoisotopic (exact) mass is 404 g/mol. The molecule has 1 aliphatic carbocycles. The Hall–Kier alpha value is -1.40. The SMILES string of the molecule is COc1ccc(C2SCC(=O)N2CCN2CCCCC2)cc1OC1CCCC1. The number of rotatable bonds is 7. The fourth-order valence-electron chi connectivity index (χ4n) is 4.53. The minimum absolute atomic E-state index is 0.0779. The summed E-state index contributed by atoms with van der Waals surface area (Å²) in [6.45, 7) is 4.12. The van der Waals surface area contributed by atoms with E-state index in [0.717, 1.165) is 43.0 Å². The smallest absolute Gasteiger partial charge is 0.233 e. The molecule has 28 heavy (non-hydrogen) atoms. The second kappa shape index (κ2) is 9.40. The second-order valence-electron chi connectivity index (χ2n) is 8.09. The highest BCUT2D eigenvalue weighted by Gasteiger charge is 2.33. The van der Waals surface area contributed by atoms with E-state index < -0.39 is 0 Å². The maximum atomic E-state index is 12.5. The van der Waals surface area contributed by atoms with Gasteiger partial charge in [-0.25, -0.2) is 0 Å². The molecule has 1 unspecified atom stereocenters. The predicted octanol–water partition coefficient (Wildman–Crippen LogP) is 4.08. The van der Waals surface area contributed by atoms with Gasteiger partial charge in [0.1, 0.15) is 5.37 Å². The molecule has 154 valence electrons. The van der Waals surface area contributed by atoms with Gasteiger partial charge >= 0.3 is 0 Å². The van der Waals surface area contributed by atoms with Crippen LogP contribution in [0, 0.1) is 0 Å². The van der Waals surface area contributed by atoms with Crippen LogP contribution in [0.1, 0.15) is 55.9 Å². The topological polar surface area (TPSA) is 42.0 Å². The Morgan fingerprint density at radius 3 is 2.57 bits per heavy atom. The van der Waals surface area contributed by atoms with Crippen LogP contribution in [-0.4, -0.2) is 60.9 Å². The van der Waals surface area contributed by atoms with Crippen LogP contribution in [0.5, 0.6) is 11.5 Å². The lowest BCUT2D eigenvalue weighted by atomic mass is 10.1. The molecule has 0 N–H and O–H groups in total. The molecule has 2 heterocycles. The maximum absolute atomic E-state index is 12.5. The molecule has 2 aliphatic heterocycles. The van der Waals surface area contributed by atoms with E-state index >= 15 is 0 Å². The van der Waals surface area contributed by atoms with E-state index in [1.165, 1.54) is 45.2 Å². The van der Waals surface area contributed by atoms with E-state index in [1.54, 1.807) is 18.9 Å². The van der Waals surface area contributed by atoms with Crippen LogP contribution < -0.4 is 9.47 Å². The molecule has 1 saturated carbocycles. The molecular formula is C22H32N2O3S. The number of amides is 1. The number of hydrogen-bond donors (Lipinski definition) is 0. The number of nitrogens with zero attached hydrogens (tertiary/aromatic N) is 2. The van der Waals surface area contributed by atoms with Gasteiger partial charge in [0.15, 0.2) is 11.5 Å². The van der Waals surface area contributed by atoms with Crippen molar-refractivity contribution < 1.29 is 14.3 Å². The Kier molecular flexibility index (Phi) is 6.68. The average Bonchev–Trinajstić information content (AvgIpc) is 3.37. The van der Waals surface area contributed by atoms with Gasteiger partial charge in [0.25, 0.3) is 0 Å². The van der Waals surface area contributed by atoms with E-state index in [2.05, 4.69) is 21.9 Å². The normalized spacial score (nSPS) is 24.1. The summed E-state index contributed by atoms with van der Waals surface area (Å²) >= 11 is 1.72. The van der Waals surface area contributed by atoms with E-state index in [-0.39, 0.29) is 17.4 Å². The van der Waals surface area contributed by atoms with Gasteiger partial charge in [-0.1, -0.05) is 12.5 Å². The highest BCUT2D eigenvalue weighted by Crippen LogP contribution is 2.42. The van der Waals surface area contributed by atoms with Crippen LogP contribution in [0.25, 0.3) is 0 Å². The van der Waals surface area contributed by atoms with Gasteiger partial charge in [0, 0.05) is 13.1 Å². The highest BCUT2D eigenvalue weighted by atomic mass is 32.2. The van der Waals surface area contributed by atoms with Crippen LogP contribution in [0.2, 0.25) is 0 Å². The third-order valence-electron chi connectivity index (χ3n) is 6.14. The number of likely N-dealkylation sites (tertiary alicyclic amines) is 1. The van der Waals surface area contributed by atoms with Crippen molar-refractivity contribution in [3.05, 3.63) is 23.8 Å².